The minimum atomic E-state index is -0.133. The van der Waals surface area contributed by atoms with E-state index in [1.165, 1.54) is 30.2 Å². The Bertz CT molecular complexity index is 827. The molecule has 2 aromatic heterocycles. The van der Waals surface area contributed by atoms with E-state index in [9.17, 15) is 9.59 Å². The number of aromatic nitrogens is 1. The molecule has 5 heteroatoms. The second-order valence-electron chi connectivity index (χ2n) is 5.91. The lowest BCUT2D eigenvalue weighted by Gasteiger charge is -2.16. The fourth-order valence-corrected chi connectivity index (χ4v) is 3.92. The number of aromatic amines is 1. The number of hydrogen-bond donors (Lipinski definition) is 1. The van der Waals surface area contributed by atoms with Crippen LogP contribution in [-0.4, -0.2) is 16.6 Å². The van der Waals surface area contributed by atoms with Gasteiger partial charge in [0.15, 0.2) is 0 Å². The number of nitrogens with zero attached hydrogens (tertiary/aromatic N) is 1. The molecule has 22 heavy (non-hydrogen) atoms. The summed E-state index contributed by atoms with van der Waals surface area (Å²) in [6, 6.07) is 5.35. The zero-order chi connectivity index (χ0) is 15.1. The van der Waals surface area contributed by atoms with Crippen LogP contribution >= 0.6 is 11.3 Å². The highest BCUT2D eigenvalue weighted by Crippen LogP contribution is 2.43. The van der Waals surface area contributed by atoms with Gasteiger partial charge >= 0.3 is 0 Å². The van der Waals surface area contributed by atoms with Gasteiger partial charge in [-0.25, -0.2) is 4.99 Å². The fourth-order valence-electron chi connectivity index (χ4n) is 3.05. The van der Waals surface area contributed by atoms with Crippen molar-refractivity contribution >= 4 is 23.0 Å². The highest BCUT2D eigenvalue weighted by atomic mass is 32.1. The van der Waals surface area contributed by atoms with Gasteiger partial charge in [0, 0.05) is 17.3 Å². The molecule has 1 fully saturated rings. The molecule has 0 saturated heterocycles. The van der Waals surface area contributed by atoms with Gasteiger partial charge in [0.05, 0.1) is 10.6 Å². The van der Waals surface area contributed by atoms with E-state index in [2.05, 4.69) is 16.0 Å². The first-order valence-corrected chi connectivity index (χ1v) is 8.52. The minimum Gasteiger partial charge on any atom is -0.326 e. The van der Waals surface area contributed by atoms with Crippen molar-refractivity contribution < 1.29 is 4.79 Å². The summed E-state index contributed by atoms with van der Waals surface area (Å²) in [5.74, 6) is 0.423. The van der Waals surface area contributed by atoms with Gasteiger partial charge in [-0.05, 0) is 61.1 Å². The van der Waals surface area contributed by atoms with Crippen molar-refractivity contribution in [3.05, 3.63) is 55.6 Å². The van der Waals surface area contributed by atoms with Crippen LogP contribution in [0, 0.1) is 0 Å². The van der Waals surface area contributed by atoms with Gasteiger partial charge in [-0.2, -0.15) is 0 Å². The molecule has 4 rings (SSSR count). The lowest BCUT2D eigenvalue weighted by molar-refractivity contribution is 0.101. The summed E-state index contributed by atoms with van der Waals surface area (Å²) in [5, 5.41) is 1.98. The van der Waals surface area contributed by atoms with Gasteiger partial charge in [0.1, 0.15) is 0 Å². The minimum absolute atomic E-state index is 0.0967. The molecule has 4 nitrogen and oxygen atoms in total. The molecule has 2 aromatic rings. The summed E-state index contributed by atoms with van der Waals surface area (Å²) in [7, 11) is 0. The lowest BCUT2D eigenvalue weighted by atomic mass is 9.94. The van der Waals surface area contributed by atoms with Crippen LogP contribution in [0.3, 0.4) is 0 Å². The molecule has 112 valence electrons. The van der Waals surface area contributed by atoms with Crippen molar-refractivity contribution in [2.45, 2.75) is 38.0 Å². The molecular weight excluding hydrogens is 296 g/mol. The largest absolute Gasteiger partial charge is 0.326 e. The third-order valence-corrected chi connectivity index (χ3v) is 5.21. The second-order valence-corrected chi connectivity index (χ2v) is 6.83. The normalized spacial score (nSPS) is 19.2. The number of thiophene rings is 1. The van der Waals surface area contributed by atoms with Gasteiger partial charge in [-0.1, -0.05) is 0 Å². The fraction of sp³-hybridized carbons (Fsp3) is 0.353. The van der Waals surface area contributed by atoms with Crippen LogP contribution < -0.4 is 5.56 Å². The Morgan fingerprint density at radius 3 is 2.91 bits per heavy atom. The summed E-state index contributed by atoms with van der Waals surface area (Å²) in [5.41, 5.74) is 3.69. The lowest BCUT2D eigenvalue weighted by Crippen LogP contribution is -2.19. The monoisotopic (exact) mass is 312 g/mol. The van der Waals surface area contributed by atoms with E-state index in [-0.39, 0.29) is 11.5 Å². The maximum absolute atomic E-state index is 12.6. The molecule has 1 amide bonds. The number of aliphatic imine (C=N–C) groups is 1. The molecule has 0 unspecified atom stereocenters. The van der Waals surface area contributed by atoms with Crippen LogP contribution in [0.4, 0.5) is 0 Å². The molecule has 0 atom stereocenters. The van der Waals surface area contributed by atoms with Crippen molar-refractivity contribution in [2.75, 3.05) is 0 Å². The van der Waals surface area contributed by atoms with Gasteiger partial charge in [-0.15, -0.1) is 11.3 Å². The maximum atomic E-state index is 12.6. The zero-order valence-electron chi connectivity index (χ0n) is 12.1. The predicted octanol–water partition coefficient (Wildman–Crippen LogP) is 3.28. The first-order valence-electron chi connectivity index (χ1n) is 7.64. The van der Waals surface area contributed by atoms with E-state index in [1.54, 1.807) is 6.07 Å². The van der Waals surface area contributed by atoms with Crippen molar-refractivity contribution in [3.63, 3.8) is 0 Å². The summed E-state index contributed by atoms with van der Waals surface area (Å²) in [4.78, 5) is 32.0. The number of fused-ring (bicyclic) bond motifs is 1. The molecule has 2 heterocycles. The Morgan fingerprint density at radius 1 is 1.23 bits per heavy atom. The molecular formula is C17H16N2O2S. The average molecular weight is 312 g/mol. The molecule has 0 bridgehead atoms. The third kappa shape index (κ3) is 2.46. The number of amides is 1. The molecule has 0 aliphatic heterocycles. The zero-order valence-corrected chi connectivity index (χ0v) is 12.9. The quantitative estimate of drug-likeness (QED) is 0.925. The van der Waals surface area contributed by atoms with Crippen LogP contribution in [0.1, 0.15) is 58.1 Å². The van der Waals surface area contributed by atoms with Gasteiger partial charge in [-0.3, -0.25) is 9.59 Å². The molecule has 0 aromatic carbocycles. The highest BCUT2D eigenvalue weighted by molar-refractivity contribution is 7.12. The SMILES string of the molecule is O=C(N=C1CCCc2[nH]c(=O)ccc21)c1sccc1C1CC1. The smallest absolute Gasteiger partial charge is 0.287 e. The number of H-pyrrole nitrogens is 1. The van der Waals surface area contributed by atoms with Crippen LogP contribution in [-0.2, 0) is 6.42 Å². The van der Waals surface area contributed by atoms with E-state index < -0.39 is 0 Å². The van der Waals surface area contributed by atoms with Crippen LogP contribution in [0.2, 0.25) is 0 Å². The van der Waals surface area contributed by atoms with E-state index in [1.807, 2.05) is 5.38 Å². The summed E-state index contributed by atoms with van der Waals surface area (Å²) >= 11 is 1.48. The molecule has 1 N–H and O–H groups in total. The second kappa shape index (κ2) is 5.32. The molecule has 1 saturated carbocycles. The number of carbonyl (C=O) groups excluding carboxylic acids is 1. The number of nitrogens with one attached hydrogen (secondary N) is 1. The molecule has 2 aliphatic rings. The Morgan fingerprint density at radius 2 is 2.09 bits per heavy atom. The number of pyridine rings is 1. The Labute approximate surface area is 131 Å². The van der Waals surface area contributed by atoms with Gasteiger partial charge < -0.3 is 4.98 Å². The van der Waals surface area contributed by atoms with Crippen molar-refractivity contribution in [2.24, 2.45) is 4.99 Å². The standard InChI is InChI=1S/C17H16N2O2S/c20-15-7-6-12-13(18-15)2-1-3-14(12)19-17(21)16-11(8-9-22-16)10-4-5-10/h6-10H,1-5H2,(H,18,20). The maximum Gasteiger partial charge on any atom is 0.287 e. The first-order chi connectivity index (χ1) is 10.7. The van der Waals surface area contributed by atoms with Crippen LogP contribution in [0.25, 0.3) is 0 Å². The Balaban J connectivity index is 1.70. The molecule has 2 aliphatic carbocycles. The summed E-state index contributed by atoms with van der Waals surface area (Å²) in [6.07, 6.45) is 4.90. The van der Waals surface area contributed by atoms with E-state index >= 15 is 0 Å². The van der Waals surface area contributed by atoms with Gasteiger partial charge in [0.25, 0.3) is 5.91 Å². The highest BCUT2D eigenvalue weighted by Gasteiger charge is 2.29. The number of hydrogen-bond acceptors (Lipinski definition) is 3. The first kappa shape index (κ1) is 13.6. The molecule has 0 spiro atoms. The number of rotatable bonds is 2. The predicted molar refractivity (Wildman–Crippen MR) is 87.2 cm³/mol. The van der Waals surface area contributed by atoms with Crippen molar-refractivity contribution in [1.82, 2.24) is 4.98 Å². The Kier molecular flexibility index (Phi) is 3.30. The average Bonchev–Trinajstić information content (AvgIpc) is 3.24. The number of aryl methyl sites for hydroxylation is 1. The Hall–Kier alpha value is -2.01. The van der Waals surface area contributed by atoms with Crippen LogP contribution in [0.5, 0.6) is 0 Å². The third-order valence-electron chi connectivity index (χ3n) is 4.30. The van der Waals surface area contributed by atoms with Gasteiger partial charge in [0.2, 0.25) is 5.56 Å². The van der Waals surface area contributed by atoms with Crippen molar-refractivity contribution in [3.8, 4) is 0 Å². The summed E-state index contributed by atoms with van der Waals surface area (Å²) < 4.78 is 0. The van der Waals surface area contributed by atoms with E-state index in [4.69, 9.17) is 0 Å². The molecule has 0 radical (unpaired) electrons. The van der Waals surface area contributed by atoms with Crippen molar-refractivity contribution in [1.29, 1.82) is 0 Å². The summed E-state index contributed by atoms with van der Waals surface area (Å²) in [6.45, 7) is 0. The van der Waals surface area contributed by atoms with E-state index in [0.717, 1.165) is 46.7 Å². The number of carbonyl (C=O) groups is 1. The topological polar surface area (TPSA) is 62.3 Å². The van der Waals surface area contributed by atoms with Crippen LogP contribution in [0.15, 0.2) is 33.4 Å². The van der Waals surface area contributed by atoms with E-state index in [0.29, 0.717) is 5.92 Å².